The summed E-state index contributed by atoms with van der Waals surface area (Å²) < 4.78 is 0. The number of H-pyrrole nitrogens is 1. The maximum Gasteiger partial charge on any atom is 0.254 e. The average Bonchev–Trinajstić information content (AvgIpc) is 2.23. The van der Waals surface area contributed by atoms with Crippen molar-refractivity contribution >= 4 is 11.6 Å². The number of aromatic nitrogens is 2. The Morgan fingerprint density at radius 3 is 2.75 bits per heavy atom. The van der Waals surface area contributed by atoms with Gasteiger partial charge in [0, 0.05) is 16.1 Å². The summed E-state index contributed by atoms with van der Waals surface area (Å²) in [6, 6.07) is 7.32. The Bertz CT molecular complexity index is 590. The van der Waals surface area contributed by atoms with Crippen molar-refractivity contribution < 1.29 is 0 Å². The summed E-state index contributed by atoms with van der Waals surface area (Å²) in [5.41, 5.74) is 2.04. The van der Waals surface area contributed by atoms with E-state index in [9.17, 15) is 4.79 Å². The normalized spacial score (nSPS) is 10.4. The van der Waals surface area contributed by atoms with Gasteiger partial charge >= 0.3 is 0 Å². The van der Waals surface area contributed by atoms with Crippen LogP contribution in [-0.4, -0.2) is 9.97 Å². The molecule has 0 spiro atoms. The fourth-order valence-corrected chi connectivity index (χ4v) is 1.75. The Kier molecular flexibility index (Phi) is 2.79. The number of hydrogen-bond donors (Lipinski definition) is 1. The Hall–Kier alpha value is -1.61. The smallest absolute Gasteiger partial charge is 0.254 e. The first kappa shape index (κ1) is 10.9. The standard InChI is InChI=1S/C12H11ClN2O/c1-7-11(14-8(2)15-12(7)16)9-4-3-5-10(13)6-9/h3-6H,1-2H3,(H,14,15,16). The molecule has 2 aromatic rings. The van der Waals surface area contributed by atoms with Gasteiger partial charge in [0.25, 0.3) is 5.56 Å². The molecule has 0 radical (unpaired) electrons. The summed E-state index contributed by atoms with van der Waals surface area (Å²) in [4.78, 5) is 18.6. The van der Waals surface area contributed by atoms with Crippen LogP contribution in [0.15, 0.2) is 29.1 Å². The molecule has 0 aliphatic carbocycles. The van der Waals surface area contributed by atoms with Crippen molar-refractivity contribution in [2.75, 3.05) is 0 Å². The number of aromatic amines is 1. The zero-order chi connectivity index (χ0) is 11.7. The highest BCUT2D eigenvalue weighted by Gasteiger charge is 2.08. The molecule has 1 aromatic heterocycles. The molecule has 1 heterocycles. The molecule has 1 aromatic carbocycles. The van der Waals surface area contributed by atoms with Gasteiger partial charge in [-0.2, -0.15) is 0 Å². The number of rotatable bonds is 1. The lowest BCUT2D eigenvalue weighted by molar-refractivity contribution is 0.999. The van der Waals surface area contributed by atoms with Gasteiger partial charge in [0.1, 0.15) is 5.82 Å². The number of aryl methyl sites for hydroxylation is 1. The molecule has 0 fully saturated rings. The van der Waals surface area contributed by atoms with Crippen molar-refractivity contribution in [2.24, 2.45) is 0 Å². The number of benzene rings is 1. The third kappa shape index (κ3) is 1.99. The van der Waals surface area contributed by atoms with Gasteiger partial charge in [-0.1, -0.05) is 23.7 Å². The summed E-state index contributed by atoms with van der Waals surface area (Å²) in [6.45, 7) is 3.51. The second-order valence-corrected chi connectivity index (χ2v) is 4.07. The average molecular weight is 235 g/mol. The molecule has 0 unspecified atom stereocenters. The molecule has 2 rings (SSSR count). The van der Waals surface area contributed by atoms with Gasteiger partial charge in [0.15, 0.2) is 0 Å². The van der Waals surface area contributed by atoms with Crippen LogP contribution in [0.25, 0.3) is 11.3 Å². The molecule has 3 nitrogen and oxygen atoms in total. The summed E-state index contributed by atoms with van der Waals surface area (Å²) in [5, 5.41) is 0.636. The van der Waals surface area contributed by atoms with Crippen molar-refractivity contribution in [1.82, 2.24) is 9.97 Å². The van der Waals surface area contributed by atoms with Gasteiger partial charge in [0.2, 0.25) is 0 Å². The first-order valence-corrected chi connectivity index (χ1v) is 5.29. The van der Waals surface area contributed by atoms with Crippen LogP contribution in [0.2, 0.25) is 5.02 Å². The molecule has 4 heteroatoms. The number of nitrogens with one attached hydrogen (secondary N) is 1. The number of halogens is 1. The Labute approximate surface area is 98.1 Å². The molecule has 16 heavy (non-hydrogen) atoms. The highest BCUT2D eigenvalue weighted by atomic mass is 35.5. The minimum absolute atomic E-state index is 0.109. The zero-order valence-electron chi connectivity index (χ0n) is 9.04. The Morgan fingerprint density at radius 2 is 2.06 bits per heavy atom. The molecule has 0 saturated carbocycles. The molecule has 0 amide bonds. The second kappa shape index (κ2) is 4.10. The minimum atomic E-state index is -0.109. The fourth-order valence-electron chi connectivity index (χ4n) is 1.56. The molecule has 0 atom stereocenters. The van der Waals surface area contributed by atoms with E-state index in [1.807, 2.05) is 12.1 Å². The third-order valence-corrected chi connectivity index (χ3v) is 2.60. The second-order valence-electron chi connectivity index (χ2n) is 3.64. The lowest BCUT2D eigenvalue weighted by Gasteiger charge is -2.05. The van der Waals surface area contributed by atoms with Crippen LogP contribution in [-0.2, 0) is 0 Å². The molecule has 1 N–H and O–H groups in total. The quantitative estimate of drug-likeness (QED) is 0.825. The maximum absolute atomic E-state index is 11.6. The maximum atomic E-state index is 11.6. The van der Waals surface area contributed by atoms with E-state index in [1.54, 1.807) is 26.0 Å². The fraction of sp³-hybridized carbons (Fsp3) is 0.167. The number of nitrogens with zero attached hydrogens (tertiary/aromatic N) is 1. The molecule has 0 saturated heterocycles. The van der Waals surface area contributed by atoms with Crippen molar-refractivity contribution in [3.8, 4) is 11.3 Å². The Balaban J connectivity index is 2.69. The van der Waals surface area contributed by atoms with Crippen molar-refractivity contribution in [1.29, 1.82) is 0 Å². The predicted molar refractivity (Wildman–Crippen MR) is 64.8 cm³/mol. The van der Waals surface area contributed by atoms with E-state index in [0.717, 1.165) is 5.56 Å². The van der Waals surface area contributed by atoms with Crippen LogP contribution in [0.3, 0.4) is 0 Å². The van der Waals surface area contributed by atoms with Crippen LogP contribution in [0, 0.1) is 13.8 Å². The van der Waals surface area contributed by atoms with E-state index < -0.39 is 0 Å². The summed E-state index contributed by atoms with van der Waals surface area (Å²) >= 11 is 5.91. The van der Waals surface area contributed by atoms with E-state index in [-0.39, 0.29) is 5.56 Å². The highest BCUT2D eigenvalue weighted by Crippen LogP contribution is 2.22. The van der Waals surface area contributed by atoms with Crippen LogP contribution in [0.5, 0.6) is 0 Å². The molecule has 0 aliphatic rings. The topological polar surface area (TPSA) is 45.8 Å². The van der Waals surface area contributed by atoms with Gasteiger partial charge in [-0.3, -0.25) is 4.79 Å². The van der Waals surface area contributed by atoms with Crippen LogP contribution < -0.4 is 5.56 Å². The van der Waals surface area contributed by atoms with Crippen molar-refractivity contribution in [3.05, 3.63) is 51.0 Å². The molecule has 0 aliphatic heterocycles. The van der Waals surface area contributed by atoms with Gasteiger partial charge in [-0.05, 0) is 26.0 Å². The zero-order valence-corrected chi connectivity index (χ0v) is 9.80. The van der Waals surface area contributed by atoms with E-state index in [4.69, 9.17) is 11.6 Å². The molecule has 0 bridgehead atoms. The molecule has 82 valence electrons. The van der Waals surface area contributed by atoms with E-state index in [1.165, 1.54) is 0 Å². The van der Waals surface area contributed by atoms with E-state index in [0.29, 0.717) is 22.1 Å². The predicted octanol–water partition coefficient (Wildman–Crippen LogP) is 2.71. The van der Waals surface area contributed by atoms with Crippen molar-refractivity contribution in [3.63, 3.8) is 0 Å². The monoisotopic (exact) mass is 234 g/mol. The van der Waals surface area contributed by atoms with E-state index in [2.05, 4.69) is 9.97 Å². The van der Waals surface area contributed by atoms with Gasteiger partial charge in [-0.25, -0.2) is 4.98 Å². The summed E-state index contributed by atoms with van der Waals surface area (Å²) in [6.07, 6.45) is 0. The van der Waals surface area contributed by atoms with Crippen LogP contribution in [0.4, 0.5) is 0 Å². The van der Waals surface area contributed by atoms with Crippen molar-refractivity contribution in [2.45, 2.75) is 13.8 Å². The first-order valence-electron chi connectivity index (χ1n) is 4.91. The largest absolute Gasteiger partial charge is 0.311 e. The van der Waals surface area contributed by atoms with Gasteiger partial charge in [-0.15, -0.1) is 0 Å². The van der Waals surface area contributed by atoms with Crippen LogP contribution >= 0.6 is 11.6 Å². The van der Waals surface area contributed by atoms with Gasteiger partial charge < -0.3 is 4.98 Å². The summed E-state index contributed by atoms with van der Waals surface area (Å²) in [5.74, 6) is 0.602. The van der Waals surface area contributed by atoms with Gasteiger partial charge in [0.05, 0.1) is 5.69 Å². The number of hydrogen-bond acceptors (Lipinski definition) is 2. The SMILES string of the molecule is Cc1nc(-c2cccc(Cl)c2)c(C)c(=O)[nH]1. The summed E-state index contributed by atoms with van der Waals surface area (Å²) in [7, 11) is 0. The lowest BCUT2D eigenvalue weighted by atomic mass is 10.1. The van der Waals surface area contributed by atoms with E-state index >= 15 is 0 Å². The van der Waals surface area contributed by atoms with Crippen LogP contribution in [0.1, 0.15) is 11.4 Å². The third-order valence-electron chi connectivity index (χ3n) is 2.37. The Morgan fingerprint density at radius 1 is 1.31 bits per heavy atom. The lowest BCUT2D eigenvalue weighted by Crippen LogP contribution is -2.14. The molecular weight excluding hydrogens is 224 g/mol. The highest BCUT2D eigenvalue weighted by molar-refractivity contribution is 6.30. The minimum Gasteiger partial charge on any atom is -0.311 e. The first-order chi connectivity index (χ1) is 7.58. The molecular formula is C12H11ClN2O.